The molecule has 0 amide bonds. The third-order valence-corrected chi connectivity index (χ3v) is 0. The fourth-order valence-corrected chi connectivity index (χ4v) is 0. The Labute approximate surface area is 128 Å². The summed E-state index contributed by atoms with van der Waals surface area (Å²) in [7, 11) is 0. The van der Waals surface area contributed by atoms with Crippen LogP contribution in [0.5, 0.6) is 0 Å². The molecule has 9 heavy (non-hydrogen) atoms. The number of hydrogen-bond donors (Lipinski definition) is 0. The Bertz CT molecular complexity index is 104. The van der Waals surface area contributed by atoms with Crippen molar-refractivity contribution < 1.29 is 93.4 Å². The molecule has 0 atom stereocenters. The Hall–Kier alpha value is 3.38. The maximum absolute atomic E-state index is 8.59. The minimum Gasteiger partial charge on any atom is 0 e. The fraction of sp³-hybridized carbons (Fsp3) is 0. The van der Waals surface area contributed by atoms with Gasteiger partial charge in [-0.3, -0.25) is 0 Å². The molecule has 0 rings (SSSR count). The monoisotopic (exact) mass is 397 g/mol. The van der Waals surface area contributed by atoms with Crippen molar-refractivity contribution in [2.75, 3.05) is 0 Å². The summed E-state index contributed by atoms with van der Waals surface area (Å²) in [6.07, 6.45) is 0. The van der Waals surface area contributed by atoms with Gasteiger partial charge in [-0.15, -0.1) is 0 Å². The molecule has 0 saturated carbocycles. The van der Waals surface area contributed by atoms with Crippen LogP contribution in [0.4, 0.5) is 0 Å². The van der Waals surface area contributed by atoms with Gasteiger partial charge in [-0.05, 0) is 0 Å². The largest absolute Gasteiger partial charge is 0 e. The SMILES string of the molecule is [Ca].[Cd].[Cu+2].[O]=[Cr](=[O])([O-])[O-].[Zn]. The van der Waals surface area contributed by atoms with E-state index in [0.29, 0.717) is 0 Å². The van der Waals surface area contributed by atoms with Gasteiger partial charge in [0.1, 0.15) is 0 Å². The predicted octanol–water partition coefficient (Wildman–Crippen LogP) is -3.01. The summed E-state index contributed by atoms with van der Waals surface area (Å²) in [6, 6.07) is 0. The van der Waals surface area contributed by atoms with Gasteiger partial charge in [0.15, 0.2) is 0 Å². The molecule has 4 nitrogen and oxygen atoms in total. The van der Waals surface area contributed by atoms with Crippen LogP contribution in [0.3, 0.4) is 0 Å². The van der Waals surface area contributed by atoms with Gasteiger partial charge in [-0.1, -0.05) is 0 Å². The van der Waals surface area contributed by atoms with Crippen molar-refractivity contribution in [2.24, 2.45) is 0 Å². The van der Waals surface area contributed by atoms with Gasteiger partial charge < -0.3 is 0 Å². The minimum atomic E-state index is -5.75. The van der Waals surface area contributed by atoms with Crippen LogP contribution in [0.1, 0.15) is 0 Å². The Morgan fingerprint density at radius 2 is 1.11 bits per heavy atom. The Morgan fingerprint density at radius 1 is 1.11 bits per heavy atom. The Balaban J connectivity index is -0.0000000133. The minimum absolute atomic E-state index is 0. The average molecular weight is 397 g/mol. The molecule has 0 saturated heterocycles. The Kier molecular flexibility index (Phi) is 45.6. The van der Waals surface area contributed by atoms with Crippen LogP contribution < -0.4 is 8.32 Å². The molecule has 0 aliphatic rings. The maximum Gasteiger partial charge on any atom is 0 e. The van der Waals surface area contributed by atoms with Crippen molar-refractivity contribution in [3.8, 4) is 0 Å². The molecule has 0 unspecified atom stereocenters. The van der Waals surface area contributed by atoms with E-state index in [4.69, 9.17) is 15.9 Å². The van der Waals surface area contributed by atoms with Gasteiger partial charge in [0.2, 0.25) is 0 Å². The first-order valence-corrected chi connectivity index (χ1v) is 2.75. The molecule has 0 aromatic heterocycles. The van der Waals surface area contributed by atoms with Crippen molar-refractivity contribution in [1.82, 2.24) is 0 Å². The van der Waals surface area contributed by atoms with E-state index in [2.05, 4.69) is 0 Å². The Morgan fingerprint density at radius 3 is 1.11 bits per heavy atom. The van der Waals surface area contributed by atoms with Crippen molar-refractivity contribution in [3.63, 3.8) is 0 Å². The van der Waals surface area contributed by atoms with Crippen LogP contribution in [-0.4, -0.2) is 37.7 Å². The van der Waals surface area contributed by atoms with E-state index in [0.717, 1.165) is 0 Å². The third kappa shape index (κ3) is 87.7. The topological polar surface area (TPSA) is 80.3 Å². The predicted molar refractivity (Wildman–Crippen MR) is 7.13 cm³/mol. The van der Waals surface area contributed by atoms with Gasteiger partial charge in [0.05, 0.1) is 0 Å². The molecule has 0 aliphatic heterocycles. The molecule has 0 heterocycles. The van der Waals surface area contributed by atoms with E-state index in [1.807, 2.05) is 0 Å². The fourth-order valence-electron chi connectivity index (χ4n) is 0. The van der Waals surface area contributed by atoms with Crippen LogP contribution in [0.25, 0.3) is 0 Å². The van der Waals surface area contributed by atoms with Crippen molar-refractivity contribution in [3.05, 3.63) is 0 Å². The zero-order valence-electron chi connectivity index (χ0n) is 4.46. The van der Waals surface area contributed by atoms with Crippen molar-refractivity contribution in [1.29, 1.82) is 0 Å². The van der Waals surface area contributed by atoms with E-state index < -0.39 is 13.6 Å². The smallest absolute Gasteiger partial charge is 0 e. The second-order valence-electron chi connectivity index (χ2n) is 0.408. The first-order valence-electron chi connectivity index (χ1n) is 0.667. The van der Waals surface area contributed by atoms with Gasteiger partial charge in [-0.2, -0.15) is 0 Å². The molecule has 3 radical (unpaired) electrons. The standard InChI is InChI=1S/Ca.Cd.Cr.Cu.4O.Zn/q;;;+2;;;2*-1;. The van der Waals surface area contributed by atoms with Gasteiger partial charge >= 0.3 is 46.6 Å². The van der Waals surface area contributed by atoms with E-state index in [1.54, 1.807) is 0 Å². The maximum atomic E-state index is 8.59. The molecule has 47 valence electrons. The van der Waals surface area contributed by atoms with Gasteiger partial charge in [0, 0.05) is 84.5 Å². The summed E-state index contributed by atoms with van der Waals surface area (Å²) < 4.78 is 34.4. The second-order valence-corrected chi connectivity index (χ2v) is 1.68. The zero-order valence-corrected chi connectivity index (χ0v) is 15.9. The summed E-state index contributed by atoms with van der Waals surface area (Å²) in [5.74, 6) is 0. The molecule has 0 spiro atoms. The second kappa shape index (κ2) is 13.9. The van der Waals surface area contributed by atoms with Crippen LogP contribution in [-0.2, 0) is 85.1 Å². The van der Waals surface area contributed by atoms with E-state index in [9.17, 15) is 0 Å². The van der Waals surface area contributed by atoms with E-state index in [-0.39, 0.29) is 102 Å². The van der Waals surface area contributed by atoms with E-state index >= 15 is 0 Å². The molecule has 0 fully saturated rings. The zero-order chi connectivity index (χ0) is 4.50. The summed E-state index contributed by atoms with van der Waals surface area (Å²) in [5, 5.41) is 0. The number of rotatable bonds is 0. The normalized spacial score (nSPS) is 6.44. The quantitative estimate of drug-likeness (QED) is 0.408. The third-order valence-electron chi connectivity index (χ3n) is 0. The van der Waals surface area contributed by atoms with Gasteiger partial charge in [0.25, 0.3) is 0 Å². The van der Waals surface area contributed by atoms with Gasteiger partial charge in [-0.25, -0.2) is 0 Å². The van der Waals surface area contributed by atoms with E-state index in [1.165, 1.54) is 0 Å². The first-order chi connectivity index (χ1) is 2.00. The summed E-state index contributed by atoms with van der Waals surface area (Å²) in [6.45, 7) is 0. The molecule has 0 aromatic rings. The molecule has 9 heteroatoms. The molecule has 0 bridgehead atoms. The molecule has 0 aliphatic carbocycles. The number of hydrogen-bond acceptors (Lipinski definition) is 4. The van der Waals surface area contributed by atoms with Crippen LogP contribution in [0.2, 0.25) is 0 Å². The summed E-state index contributed by atoms with van der Waals surface area (Å²) >= 11 is -5.75. The summed E-state index contributed by atoms with van der Waals surface area (Å²) in [5.41, 5.74) is 0. The molecule has 0 N–H and O–H groups in total. The molecule has 0 aromatic carbocycles. The molecular weight excluding hydrogens is 397 g/mol. The first kappa shape index (κ1) is 29.4. The van der Waals surface area contributed by atoms with Crippen LogP contribution in [0.15, 0.2) is 0 Å². The molecular formula is CaCdCrCuO4Zn. The van der Waals surface area contributed by atoms with Crippen LogP contribution >= 0.6 is 0 Å². The van der Waals surface area contributed by atoms with Crippen molar-refractivity contribution in [2.45, 2.75) is 0 Å². The van der Waals surface area contributed by atoms with Crippen molar-refractivity contribution >= 4 is 37.7 Å². The summed E-state index contributed by atoms with van der Waals surface area (Å²) in [4.78, 5) is 0. The average Bonchev–Trinajstić information content (AvgIpc) is 0.722. The van der Waals surface area contributed by atoms with Crippen LogP contribution in [0, 0.1) is 0 Å².